The average Bonchev–Trinajstić information content (AvgIpc) is 3.12. The van der Waals surface area contributed by atoms with Crippen molar-refractivity contribution in [3.05, 3.63) is 55.8 Å². The van der Waals surface area contributed by atoms with E-state index in [0.29, 0.717) is 6.04 Å². The van der Waals surface area contributed by atoms with Crippen LogP contribution in [0.25, 0.3) is 0 Å². The third kappa shape index (κ3) is 3.17. The van der Waals surface area contributed by atoms with Gasteiger partial charge in [-0.2, -0.15) is 11.3 Å². The Bertz CT molecular complexity index is 578. The minimum Gasteiger partial charge on any atom is -0.331 e. The summed E-state index contributed by atoms with van der Waals surface area (Å²) in [7, 11) is 0. The Kier molecular flexibility index (Phi) is 3.88. The van der Waals surface area contributed by atoms with Crippen LogP contribution in [0.3, 0.4) is 0 Å². The van der Waals surface area contributed by atoms with Gasteiger partial charge in [0.15, 0.2) is 0 Å². The van der Waals surface area contributed by atoms with Gasteiger partial charge in [0.1, 0.15) is 0 Å². The third-order valence-electron chi connectivity index (χ3n) is 3.25. The molecule has 0 radical (unpaired) electrons. The molecule has 19 heavy (non-hydrogen) atoms. The number of carbonyl (C=O) groups excluding carboxylic acids is 1. The number of hydrogen-bond donors (Lipinski definition) is 0. The number of hydrogen-bond acceptors (Lipinski definition) is 2. The van der Waals surface area contributed by atoms with Crippen LogP contribution >= 0.6 is 33.9 Å². The molecule has 0 saturated heterocycles. The van der Waals surface area contributed by atoms with E-state index in [-0.39, 0.29) is 5.91 Å². The average molecular weight is 383 g/mol. The second kappa shape index (κ2) is 5.63. The molecule has 4 heteroatoms. The summed E-state index contributed by atoms with van der Waals surface area (Å²) in [6, 6.07) is 10.4. The van der Waals surface area contributed by atoms with E-state index in [1.165, 1.54) is 5.56 Å². The molecule has 0 atom stereocenters. The van der Waals surface area contributed by atoms with Crippen molar-refractivity contribution < 1.29 is 4.79 Å². The van der Waals surface area contributed by atoms with Gasteiger partial charge >= 0.3 is 0 Å². The van der Waals surface area contributed by atoms with Gasteiger partial charge in [-0.05, 0) is 76.0 Å². The summed E-state index contributed by atoms with van der Waals surface area (Å²) in [6.07, 6.45) is 2.28. The Morgan fingerprint density at radius 1 is 1.37 bits per heavy atom. The summed E-state index contributed by atoms with van der Waals surface area (Å²) in [4.78, 5) is 14.7. The first-order valence-corrected chi connectivity index (χ1v) is 8.34. The first-order chi connectivity index (χ1) is 9.24. The van der Waals surface area contributed by atoms with Crippen LogP contribution in [-0.2, 0) is 6.54 Å². The fourth-order valence-electron chi connectivity index (χ4n) is 2.12. The minimum absolute atomic E-state index is 0.159. The molecule has 0 spiro atoms. The summed E-state index contributed by atoms with van der Waals surface area (Å²) in [5.74, 6) is 0.159. The molecule has 1 heterocycles. The molecule has 0 N–H and O–H groups in total. The first kappa shape index (κ1) is 13.1. The van der Waals surface area contributed by atoms with Crippen LogP contribution in [0.2, 0.25) is 0 Å². The fraction of sp³-hybridized carbons (Fsp3) is 0.267. The zero-order chi connectivity index (χ0) is 13.2. The molecular formula is C15H14INOS. The highest BCUT2D eigenvalue weighted by molar-refractivity contribution is 14.1. The molecule has 1 saturated carbocycles. The van der Waals surface area contributed by atoms with Gasteiger partial charge < -0.3 is 4.90 Å². The summed E-state index contributed by atoms with van der Waals surface area (Å²) in [5, 5.41) is 4.19. The maximum atomic E-state index is 12.6. The molecule has 3 rings (SSSR count). The van der Waals surface area contributed by atoms with E-state index in [2.05, 4.69) is 39.4 Å². The van der Waals surface area contributed by atoms with Gasteiger partial charge in [-0.3, -0.25) is 4.79 Å². The second-order valence-electron chi connectivity index (χ2n) is 4.81. The molecule has 1 aromatic heterocycles. The number of thiophene rings is 1. The monoisotopic (exact) mass is 383 g/mol. The normalized spacial score (nSPS) is 14.4. The number of amides is 1. The maximum absolute atomic E-state index is 12.6. The van der Waals surface area contributed by atoms with Crippen LogP contribution in [-0.4, -0.2) is 16.8 Å². The Hall–Kier alpha value is -0.880. The first-order valence-electron chi connectivity index (χ1n) is 6.31. The Morgan fingerprint density at radius 3 is 2.84 bits per heavy atom. The number of rotatable bonds is 4. The lowest BCUT2D eigenvalue weighted by atomic mass is 10.2. The second-order valence-corrected chi connectivity index (χ2v) is 6.83. The Labute approximate surface area is 130 Å². The van der Waals surface area contributed by atoms with E-state index in [1.54, 1.807) is 11.3 Å². The molecule has 0 aliphatic heterocycles. The highest BCUT2D eigenvalue weighted by atomic mass is 127. The summed E-state index contributed by atoms with van der Waals surface area (Å²) < 4.78 is 1.11. The molecule has 2 nitrogen and oxygen atoms in total. The molecule has 1 aliphatic carbocycles. The molecule has 98 valence electrons. The molecule has 0 bridgehead atoms. The molecular weight excluding hydrogens is 369 g/mol. The van der Waals surface area contributed by atoms with E-state index < -0.39 is 0 Å². The predicted molar refractivity (Wildman–Crippen MR) is 86.4 cm³/mol. The zero-order valence-electron chi connectivity index (χ0n) is 10.4. The largest absolute Gasteiger partial charge is 0.331 e. The summed E-state index contributed by atoms with van der Waals surface area (Å²) >= 11 is 3.93. The van der Waals surface area contributed by atoms with Crippen molar-refractivity contribution in [2.75, 3.05) is 0 Å². The molecule has 0 unspecified atom stereocenters. The maximum Gasteiger partial charge on any atom is 0.254 e. The fourth-order valence-corrected chi connectivity index (χ4v) is 3.32. The van der Waals surface area contributed by atoms with Crippen LogP contribution in [0, 0.1) is 3.57 Å². The lowest BCUT2D eigenvalue weighted by Gasteiger charge is -2.22. The van der Waals surface area contributed by atoms with Crippen LogP contribution < -0.4 is 0 Å². The van der Waals surface area contributed by atoms with Crippen LogP contribution in [0.4, 0.5) is 0 Å². The topological polar surface area (TPSA) is 20.3 Å². The van der Waals surface area contributed by atoms with Gasteiger partial charge in [0.05, 0.1) is 0 Å². The van der Waals surface area contributed by atoms with Gasteiger partial charge in [-0.15, -0.1) is 0 Å². The van der Waals surface area contributed by atoms with Crippen molar-refractivity contribution in [1.29, 1.82) is 0 Å². The van der Waals surface area contributed by atoms with Gasteiger partial charge in [-0.1, -0.05) is 6.07 Å². The molecule has 2 aromatic rings. The smallest absolute Gasteiger partial charge is 0.254 e. The molecule has 1 aromatic carbocycles. The van der Waals surface area contributed by atoms with Crippen molar-refractivity contribution in [3.63, 3.8) is 0 Å². The van der Waals surface area contributed by atoms with Crippen LogP contribution in [0.15, 0.2) is 41.1 Å². The van der Waals surface area contributed by atoms with E-state index in [4.69, 9.17) is 0 Å². The highest BCUT2D eigenvalue weighted by Crippen LogP contribution is 2.30. The number of halogens is 1. The molecule has 1 fully saturated rings. The van der Waals surface area contributed by atoms with E-state index >= 15 is 0 Å². The third-order valence-corrected chi connectivity index (χ3v) is 4.66. The van der Waals surface area contributed by atoms with Crippen molar-refractivity contribution in [1.82, 2.24) is 4.90 Å². The van der Waals surface area contributed by atoms with Crippen molar-refractivity contribution in [3.8, 4) is 0 Å². The predicted octanol–water partition coefficient (Wildman–Crippen LogP) is 4.16. The lowest BCUT2D eigenvalue weighted by Crippen LogP contribution is -2.32. The lowest BCUT2D eigenvalue weighted by molar-refractivity contribution is 0.0730. The zero-order valence-corrected chi connectivity index (χ0v) is 13.4. The standard InChI is InChI=1S/C15H14INOS/c16-13-3-1-2-12(8-13)15(18)17(14-4-5-14)9-11-6-7-19-10-11/h1-3,6-8,10,14H,4-5,9H2. The quantitative estimate of drug-likeness (QED) is 0.727. The number of benzene rings is 1. The Morgan fingerprint density at radius 2 is 2.21 bits per heavy atom. The van der Waals surface area contributed by atoms with Gasteiger partial charge in [0.25, 0.3) is 5.91 Å². The van der Waals surface area contributed by atoms with Crippen molar-refractivity contribution >= 4 is 39.8 Å². The van der Waals surface area contributed by atoms with Crippen LogP contribution in [0.5, 0.6) is 0 Å². The molecule has 1 aliphatic rings. The van der Waals surface area contributed by atoms with Gasteiger partial charge in [0, 0.05) is 21.7 Å². The molecule has 1 amide bonds. The summed E-state index contributed by atoms with van der Waals surface area (Å²) in [5.41, 5.74) is 2.03. The SMILES string of the molecule is O=C(c1cccc(I)c1)N(Cc1ccsc1)C1CC1. The summed E-state index contributed by atoms with van der Waals surface area (Å²) in [6.45, 7) is 0.735. The van der Waals surface area contributed by atoms with Crippen molar-refractivity contribution in [2.45, 2.75) is 25.4 Å². The van der Waals surface area contributed by atoms with E-state index in [1.807, 2.05) is 29.2 Å². The van der Waals surface area contributed by atoms with Gasteiger partial charge in [0.2, 0.25) is 0 Å². The number of carbonyl (C=O) groups is 1. The number of nitrogens with zero attached hydrogens (tertiary/aromatic N) is 1. The Balaban J connectivity index is 1.82. The van der Waals surface area contributed by atoms with E-state index in [9.17, 15) is 4.79 Å². The van der Waals surface area contributed by atoms with Crippen LogP contribution in [0.1, 0.15) is 28.8 Å². The van der Waals surface area contributed by atoms with E-state index in [0.717, 1.165) is 28.5 Å². The minimum atomic E-state index is 0.159. The van der Waals surface area contributed by atoms with Gasteiger partial charge in [-0.25, -0.2) is 0 Å². The highest BCUT2D eigenvalue weighted by Gasteiger charge is 2.33. The van der Waals surface area contributed by atoms with Crippen molar-refractivity contribution in [2.24, 2.45) is 0 Å².